The summed E-state index contributed by atoms with van der Waals surface area (Å²) in [5.41, 5.74) is 1.12. The molecular formula is C15H25FN2. The lowest BCUT2D eigenvalue weighted by Gasteiger charge is -2.30. The van der Waals surface area contributed by atoms with E-state index in [9.17, 15) is 4.39 Å². The van der Waals surface area contributed by atoms with E-state index in [-0.39, 0.29) is 5.82 Å². The molecule has 1 N–H and O–H groups in total. The summed E-state index contributed by atoms with van der Waals surface area (Å²) in [6, 6.07) is 7.79. The van der Waals surface area contributed by atoms with Gasteiger partial charge in [-0.2, -0.15) is 0 Å². The molecule has 1 rings (SSSR count). The number of hydrogen-bond donors (Lipinski definition) is 1. The van der Waals surface area contributed by atoms with E-state index in [0.29, 0.717) is 12.1 Å². The Balaban J connectivity index is 2.27. The fraction of sp³-hybridized carbons (Fsp3) is 0.600. The van der Waals surface area contributed by atoms with E-state index < -0.39 is 0 Å². The molecule has 0 bridgehead atoms. The third-order valence-electron chi connectivity index (χ3n) is 3.12. The van der Waals surface area contributed by atoms with Crippen molar-refractivity contribution in [1.29, 1.82) is 0 Å². The molecular weight excluding hydrogens is 227 g/mol. The summed E-state index contributed by atoms with van der Waals surface area (Å²) >= 11 is 0. The van der Waals surface area contributed by atoms with Crippen LogP contribution in [0.1, 0.15) is 33.3 Å². The normalized spacial score (nSPS) is 11.8. The van der Waals surface area contributed by atoms with E-state index in [2.05, 4.69) is 37.9 Å². The molecule has 0 saturated heterocycles. The quantitative estimate of drug-likeness (QED) is 0.750. The molecule has 102 valence electrons. The lowest BCUT2D eigenvalue weighted by Crippen LogP contribution is -2.41. The molecule has 0 unspecified atom stereocenters. The van der Waals surface area contributed by atoms with E-state index in [1.165, 1.54) is 12.1 Å². The van der Waals surface area contributed by atoms with Gasteiger partial charge in [-0.25, -0.2) is 4.39 Å². The Hall–Kier alpha value is -0.930. The van der Waals surface area contributed by atoms with Crippen LogP contribution in [-0.2, 0) is 6.54 Å². The third-order valence-corrected chi connectivity index (χ3v) is 3.12. The van der Waals surface area contributed by atoms with Crippen LogP contribution in [0.15, 0.2) is 24.3 Å². The number of nitrogens with one attached hydrogen (secondary N) is 1. The molecule has 18 heavy (non-hydrogen) atoms. The first-order valence-electron chi connectivity index (χ1n) is 6.71. The summed E-state index contributed by atoms with van der Waals surface area (Å²) in [6.45, 7) is 11.7. The first-order valence-corrected chi connectivity index (χ1v) is 6.71. The Morgan fingerprint density at radius 2 is 1.61 bits per heavy atom. The standard InChI is InChI=1S/C15H25FN2/c1-12(2)18(13(3)4)10-9-17-11-14-5-7-15(16)8-6-14/h5-8,12-13,17H,9-11H2,1-4H3. The predicted molar refractivity (Wildman–Crippen MR) is 75.1 cm³/mol. The highest BCUT2D eigenvalue weighted by Gasteiger charge is 2.11. The lowest BCUT2D eigenvalue weighted by molar-refractivity contribution is 0.176. The third kappa shape index (κ3) is 5.15. The molecule has 0 aromatic heterocycles. The molecule has 0 saturated carbocycles. The maximum atomic E-state index is 12.7. The lowest BCUT2D eigenvalue weighted by atomic mass is 10.2. The fourth-order valence-electron chi connectivity index (χ4n) is 2.16. The zero-order valence-electron chi connectivity index (χ0n) is 11.9. The van der Waals surface area contributed by atoms with Crippen LogP contribution in [0.3, 0.4) is 0 Å². The van der Waals surface area contributed by atoms with Gasteiger partial charge in [-0.3, -0.25) is 4.90 Å². The van der Waals surface area contributed by atoms with Gasteiger partial charge in [0.1, 0.15) is 5.82 Å². The first-order chi connectivity index (χ1) is 8.50. The van der Waals surface area contributed by atoms with E-state index in [0.717, 1.165) is 25.2 Å². The van der Waals surface area contributed by atoms with E-state index in [1.807, 2.05) is 12.1 Å². The number of halogens is 1. The van der Waals surface area contributed by atoms with Crippen LogP contribution in [0.25, 0.3) is 0 Å². The number of rotatable bonds is 7. The van der Waals surface area contributed by atoms with Gasteiger partial charge in [0.25, 0.3) is 0 Å². The molecule has 2 nitrogen and oxygen atoms in total. The Kier molecular flexibility index (Phi) is 6.30. The van der Waals surface area contributed by atoms with Crippen molar-refractivity contribution < 1.29 is 4.39 Å². The minimum atomic E-state index is -0.176. The molecule has 3 heteroatoms. The highest BCUT2D eigenvalue weighted by atomic mass is 19.1. The summed E-state index contributed by atoms with van der Waals surface area (Å²) in [4.78, 5) is 2.46. The van der Waals surface area contributed by atoms with Gasteiger partial charge in [-0.1, -0.05) is 12.1 Å². The van der Waals surface area contributed by atoms with E-state index >= 15 is 0 Å². The maximum absolute atomic E-state index is 12.7. The molecule has 0 fully saturated rings. The van der Waals surface area contributed by atoms with Gasteiger partial charge in [0.2, 0.25) is 0 Å². The summed E-state index contributed by atoms with van der Waals surface area (Å²) in [6.07, 6.45) is 0. The van der Waals surface area contributed by atoms with Crippen LogP contribution >= 0.6 is 0 Å². The topological polar surface area (TPSA) is 15.3 Å². The Morgan fingerprint density at radius 1 is 1.06 bits per heavy atom. The Labute approximate surface area is 110 Å². The molecule has 0 aliphatic carbocycles. The molecule has 0 heterocycles. The van der Waals surface area contributed by atoms with Crippen LogP contribution < -0.4 is 5.32 Å². The molecule has 0 amide bonds. The van der Waals surface area contributed by atoms with Crippen molar-refractivity contribution in [2.75, 3.05) is 13.1 Å². The van der Waals surface area contributed by atoms with E-state index in [1.54, 1.807) is 0 Å². The van der Waals surface area contributed by atoms with Gasteiger partial charge >= 0.3 is 0 Å². The Morgan fingerprint density at radius 3 is 2.11 bits per heavy atom. The van der Waals surface area contributed by atoms with Crippen LogP contribution in [0.2, 0.25) is 0 Å². The smallest absolute Gasteiger partial charge is 0.123 e. The Bertz CT molecular complexity index is 325. The number of nitrogens with zero attached hydrogens (tertiary/aromatic N) is 1. The van der Waals surface area contributed by atoms with Crippen LogP contribution in [0, 0.1) is 5.82 Å². The van der Waals surface area contributed by atoms with Crippen LogP contribution in [-0.4, -0.2) is 30.1 Å². The molecule has 0 aliphatic heterocycles. The monoisotopic (exact) mass is 252 g/mol. The zero-order chi connectivity index (χ0) is 13.5. The van der Waals surface area contributed by atoms with Gasteiger partial charge in [-0.15, -0.1) is 0 Å². The summed E-state index contributed by atoms with van der Waals surface area (Å²) in [5, 5.41) is 3.40. The minimum absolute atomic E-state index is 0.176. The first kappa shape index (κ1) is 15.1. The van der Waals surface area contributed by atoms with Crippen LogP contribution in [0.5, 0.6) is 0 Å². The van der Waals surface area contributed by atoms with Crippen molar-refractivity contribution in [3.05, 3.63) is 35.6 Å². The van der Waals surface area contributed by atoms with Crippen molar-refractivity contribution in [2.45, 2.75) is 46.3 Å². The van der Waals surface area contributed by atoms with Crippen molar-refractivity contribution in [3.63, 3.8) is 0 Å². The average Bonchev–Trinajstić information content (AvgIpc) is 2.30. The largest absolute Gasteiger partial charge is 0.311 e. The predicted octanol–water partition coefficient (Wildman–Crippen LogP) is 3.03. The fourth-order valence-corrected chi connectivity index (χ4v) is 2.16. The molecule has 1 aromatic rings. The summed E-state index contributed by atoms with van der Waals surface area (Å²) < 4.78 is 12.7. The second kappa shape index (κ2) is 7.49. The molecule has 0 radical (unpaired) electrons. The molecule has 0 spiro atoms. The van der Waals surface area contributed by atoms with Gasteiger partial charge in [0.05, 0.1) is 0 Å². The summed E-state index contributed by atoms with van der Waals surface area (Å²) in [7, 11) is 0. The molecule has 0 aliphatic rings. The second-order valence-electron chi connectivity index (χ2n) is 5.23. The van der Waals surface area contributed by atoms with Crippen molar-refractivity contribution >= 4 is 0 Å². The van der Waals surface area contributed by atoms with Crippen molar-refractivity contribution in [3.8, 4) is 0 Å². The molecule has 0 atom stereocenters. The van der Waals surface area contributed by atoms with Crippen molar-refractivity contribution in [2.24, 2.45) is 0 Å². The van der Waals surface area contributed by atoms with Crippen LogP contribution in [0.4, 0.5) is 4.39 Å². The highest BCUT2D eigenvalue weighted by Crippen LogP contribution is 2.04. The SMILES string of the molecule is CC(C)N(CCNCc1ccc(F)cc1)C(C)C. The minimum Gasteiger partial charge on any atom is -0.311 e. The van der Waals surface area contributed by atoms with E-state index in [4.69, 9.17) is 0 Å². The van der Waals surface area contributed by atoms with Gasteiger partial charge in [-0.05, 0) is 45.4 Å². The zero-order valence-corrected chi connectivity index (χ0v) is 11.9. The maximum Gasteiger partial charge on any atom is 0.123 e. The average molecular weight is 252 g/mol. The van der Waals surface area contributed by atoms with Crippen molar-refractivity contribution in [1.82, 2.24) is 10.2 Å². The van der Waals surface area contributed by atoms with Gasteiger partial charge in [0.15, 0.2) is 0 Å². The van der Waals surface area contributed by atoms with Gasteiger partial charge in [0, 0.05) is 31.7 Å². The second-order valence-corrected chi connectivity index (χ2v) is 5.23. The number of benzene rings is 1. The molecule has 1 aromatic carbocycles. The highest BCUT2D eigenvalue weighted by molar-refractivity contribution is 5.15. The number of hydrogen-bond acceptors (Lipinski definition) is 2. The van der Waals surface area contributed by atoms with Gasteiger partial charge < -0.3 is 5.32 Å². The summed E-state index contributed by atoms with van der Waals surface area (Å²) in [5.74, 6) is -0.176.